The zero-order chi connectivity index (χ0) is 26.2. The summed E-state index contributed by atoms with van der Waals surface area (Å²) in [5.41, 5.74) is 1.73. The number of rotatable bonds is 7. The fraction of sp³-hybridized carbons (Fsp3) is 0.360. The van der Waals surface area contributed by atoms with Crippen LogP contribution in [0, 0.1) is 13.8 Å². The Labute approximate surface area is 213 Å². The highest BCUT2D eigenvalue weighted by molar-refractivity contribution is 7.90. The Hall–Kier alpha value is -3.51. The molecule has 0 radical (unpaired) electrons. The van der Waals surface area contributed by atoms with Gasteiger partial charge in [0.25, 0.3) is 10.0 Å². The molecule has 194 valence electrons. The van der Waals surface area contributed by atoms with Crippen molar-refractivity contribution in [2.24, 2.45) is 0 Å². The van der Waals surface area contributed by atoms with Crippen molar-refractivity contribution in [3.63, 3.8) is 0 Å². The summed E-state index contributed by atoms with van der Waals surface area (Å²) in [6, 6.07) is 9.51. The van der Waals surface area contributed by atoms with Crippen LogP contribution in [-0.2, 0) is 15.9 Å². The number of nitrogens with zero attached hydrogens (tertiary/aromatic N) is 6. The van der Waals surface area contributed by atoms with Crippen molar-refractivity contribution in [3.05, 3.63) is 71.9 Å². The number of pyridine rings is 1. The predicted octanol–water partition coefficient (Wildman–Crippen LogP) is 3.74. The van der Waals surface area contributed by atoms with Crippen LogP contribution in [0.25, 0.3) is 11.0 Å². The Morgan fingerprint density at radius 3 is 2.35 bits per heavy atom. The molecule has 1 N–H and O–H groups in total. The summed E-state index contributed by atoms with van der Waals surface area (Å²) < 4.78 is 56.7. The van der Waals surface area contributed by atoms with E-state index in [-0.39, 0.29) is 22.3 Å². The van der Waals surface area contributed by atoms with Crippen molar-refractivity contribution in [3.8, 4) is 0 Å². The topological polar surface area (TPSA) is 106 Å². The largest absolute Gasteiger partial charge is 0.367 e. The first kappa shape index (κ1) is 25.2. The molecule has 0 spiro atoms. The van der Waals surface area contributed by atoms with Gasteiger partial charge in [0.2, 0.25) is 0 Å². The molecule has 1 fully saturated rings. The first-order chi connectivity index (χ1) is 17.6. The first-order valence-electron chi connectivity index (χ1n) is 11.9. The molecule has 4 heterocycles. The fourth-order valence-corrected chi connectivity index (χ4v) is 5.62. The maximum atomic E-state index is 14.7. The molecule has 37 heavy (non-hydrogen) atoms. The standard InChI is InChI=1S/C25H27F2N7O2S/c1-17-3-6-20(7-4-17)37(35,36)34-24-21(14-31-34)23(29-16-30-24)32-19-9-11-33(12-10-19)15-25(26,27)22-8-5-18(2)13-28-22/h3-8,13-14,16,19H,9-12,15H2,1-2H3,(H,29,30,32). The first-order valence-corrected chi connectivity index (χ1v) is 13.4. The highest BCUT2D eigenvalue weighted by atomic mass is 32.2. The van der Waals surface area contributed by atoms with E-state index in [9.17, 15) is 17.2 Å². The van der Waals surface area contributed by atoms with Gasteiger partial charge in [-0.15, -0.1) is 4.09 Å². The molecule has 0 saturated carbocycles. The number of nitrogens with one attached hydrogen (secondary N) is 1. The number of anilines is 1. The minimum absolute atomic E-state index is 0.0162. The molecule has 12 heteroatoms. The lowest BCUT2D eigenvalue weighted by molar-refractivity contribution is -0.0457. The van der Waals surface area contributed by atoms with Gasteiger partial charge in [-0.05, 0) is 50.5 Å². The summed E-state index contributed by atoms with van der Waals surface area (Å²) >= 11 is 0. The minimum atomic E-state index is -3.93. The van der Waals surface area contributed by atoms with E-state index in [0.29, 0.717) is 37.1 Å². The second-order valence-electron chi connectivity index (χ2n) is 9.39. The van der Waals surface area contributed by atoms with Crippen LogP contribution < -0.4 is 5.32 Å². The van der Waals surface area contributed by atoms with Crippen LogP contribution in [0.2, 0.25) is 0 Å². The molecule has 0 bridgehead atoms. The van der Waals surface area contributed by atoms with E-state index in [1.807, 2.05) is 13.8 Å². The van der Waals surface area contributed by atoms with Crippen LogP contribution >= 0.6 is 0 Å². The highest BCUT2D eigenvalue weighted by Crippen LogP contribution is 2.30. The molecule has 1 aromatic carbocycles. The van der Waals surface area contributed by atoms with E-state index in [1.54, 1.807) is 23.1 Å². The van der Waals surface area contributed by atoms with Crippen molar-refractivity contribution in [1.29, 1.82) is 0 Å². The summed E-state index contributed by atoms with van der Waals surface area (Å²) in [5.74, 6) is -2.58. The number of likely N-dealkylation sites (tertiary alicyclic amines) is 1. The minimum Gasteiger partial charge on any atom is -0.367 e. The lowest BCUT2D eigenvalue weighted by Gasteiger charge is -2.34. The van der Waals surface area contributed by atoms with Gasteiger partial charge in [-0.25, -0.2) is 9.97 Å². The summed E-state index contributed by atoms with van der Waals surface area (Å²) in [7, 11) is -3.93. The molecule has 0 atom stereocenters. The summed E-state index contributed by atoms with van der Waals surface area (Å²) in [4.78, 5) is 14.2. The van der Waals surface area contributed by atoms with Gasteiger partial charge in [0, 0.05) is 25.3 Å². The smallest absolute Gasteiger partial charge is 0.302 e. The Balaban J connectivity index is 1.27. The third-order valence-corrected chi connectivity index (χ3v) is 8.11. The lowest BCUT2D eigenvalue weighted by atomic mass is 10.0. The number of benzene rings is 1. The second-order valence-corrected chi connectivity index (χ2v) is 11.2. The van der Waals surface area contributed by atoms with Crippen molar-refractivity contribution >= 4 is 26.9 Å². The Morgan fingerprint density at radius 2 is 1.68 bits per heavy atom. The molecule has 5 rings (SSSR count). The normalized spacial score (nSPS) is 15.8. The van der Waals surface area contributed by atoms with E-state index in [0.717, 1.165) is 15.2 Å². The van der Waals surface area contributed by atoms with Crippen LogP contribution in [0.4, 0.5) is 14.6 Å². The molecule has 0 unspecified atom stereocenters. The summed E-state index contributed by atoms with van der Waals surface area (Å²) in [6.45, 7) is 4.26. The predicted molar refractivity (Wildman–Crippen MR) is 135 cm³/mol. The van der Waals surface area contributed by atoms with E-state index in [1.165, 1.54) is 36.9 Å². The molecule has 0 aliphatic carbocycles. The molecule has 9 nitrogen and oxygen atoms in total. The number of piperidine rings is 1. The number of halogens is 2. The number of aryl methyl sites for hydroxylation is 2. The highest BCUT2D eigenvalue weighted by Gasteiger charge is 2.36. The average molecular weight is 528 g/mol. The average Bonchev–Trinajstić information content (AvgIpc) is 3.32. The van der Waals surface area contributed by atoms with Crippen LogP contribution in [0.1, 0.15) is 29.7 Å². The molecule has 4 aromatic rings. The summed E-state index contributed by atoms with van der Waals surface area (Å²) in [6.07, 6.45) is 5.42. The number of alkyl halides is 2. The van der Waals surface area contributed by atoms with Crippen molar-refractivity contribution in [2.75, 3.05) is 25.0 Å². The summed E-state index contributed by atoms with van der Waals surface area (Å²) in [5, 5.41) is 7.90. The van der Waals surface area contributed by atoms with Gasteiger partial charge >= 0.3 is 5.92 Å². The Morgan fingerprint density at radius 1 is 0.973 bits per heavy atom. The molecule has 1 aliphatic heterocycles. The van der Waals surface area contributed by atoms with Crippen molar-refractivity contribution in [1.82, 2.24) is 29.0 Å². The number of aromatic nitrogens is 5. The third kappa shape index (κ3) is 5.16. The lowest BCUT2D eigenvalue weighted by Crippen LogP contribution is -2.44. The van der Waals surface area contributed by atoms with Crippen LogP contribution in [0.3, 0.4) is 0 Å². The zero-order valence-corrected chi connectivity index (χ0v) is 21.3. The van der Waals surface area contributed by atoms with Gasteiger partial charge in [-0.3, -0.25) is 9.88 Å². The molecule has 3 aromatic heterocycles. The number of hydrogen-bond donors (Lipinski definition) is 1. The molecular weight excluding hydrogens is 500 g/mol. The van der Waals surface area contributed by atoms with E-state index in [4.69, 9.17) is 0 Å². The Bertz CT molecular complexity index is 1500. The van der Waals surface area contributed by atoms with Gasteiger partial charge in [0.1, 0.15) is 17.8 Å². The SMILES string of the molecule is Cc1ccc(S(=O)(=O)n2ncc3c(NC4CCN(CC(F)(F)c5ccc(C)cn5)CC4)ncnc32)cc1. The van der Waals surface area contributed by atoms with Crippen LogP contribution in [0.15, 0.2) is 60.0 Å². The second kappa shape index (κ2) is 9.75. The van der Waals surface area contributed by atoms with Gasteiger partial charge in [-0.1, -0.05) is 23.8 Å². The molecular formula is C25H27F2N7O2S. The van der Waals surface area contributed by atoms with Gasteiger partial charge in [0.05, 0.1) is 23.0 Å². The van der Waals surface area contributed by atoms with Crippen molar-refractivity contribution in [2.45, 2.75) is 43.5 Å². The molecule has 1 saturated heterocycles. The van der Waals surface area contributed by atoms with Gasteiger partial charge in [-0.2, -0.15) is 22.3 Å². The van der Waals surface area contributed by atoms with E-state index in [2.05, 4.69) is 25.4 Å². The fourth-order valence-electron chi connectivity index (χ4n) is 4.40. The van der Waals surface area contributed by atoms with Crippen LogP contribution in [0.5, 0.6) is 0 Å². The monoisotopic (exact) mass is 527 g/mol. The van der Waals surface area contributed by atoms with E-state index >= 15 is 0 Å². The maximum absolute atomic E-state index is 14.7. The van der Waals surface area contributed by atoms with Gasteiger partial charge in [0.15, 0.2) is 5.65 Å². The number of hydrogen-bond acceptors (Lipinski definition) is 8. The van der Waals surface area contributed by atoms with Gasteiger partial charge < -0.3 is 5.32 Å². The van der Waals surface area contributed by atoms with Crippen LogP contribution in [-0.4, -0.2) is 63.1 Å². The molecule has 0 amide bonds. The Kier molecular flexibility index (Phi) is 6.63. The quantitative estimate of drug-likeness (QED) is 0.388. The van der Waals surface area contributed by atoms with Crippen molar-refractivity contribution < 1.29 is 17.2 Å². The zero-order valence-electron chi connectivity index (χ0n) is 20.5. The number of fused-ring (bicyclic) bond motifs is 1. The maximum Gasteiger partial charge on any atom is 0.302 e. The van der Waals surface area contributed by atoms with E-state index < -0.39 is 22.5 Å². The third-order valence-electron chi connectivity index (χ3n) is 6.52. The molecule has 1 aliphatic rings.